The van der Waals surface area contributed by atoms with Crippen LogP contribution in [0.25, 0.3) is 0 Å². The third-order valence-corrected chi connectivity index (χ3v) is 5.62. The molecule has 1 heterocycles. The van der Waals surface area contributed by atoms with Crippen molar-refractivity contribution in [2.24, 2.45) is 5.92 Å². The van der Waals surface area contributed by atoms with Gasteiger partial charge in [0.05, 0.1) is 11.2 Å². The number of nitrogens with one attached hydrogen (secondary N) is 1. The minimum Gasteiger partial charge on any atom is -0.305 e. The summed E-state index contributed by atoms with van der Waals surface area (Å²) in [6.45, 7) is 9.99. The van der Waals surface area contributed by atoms with Crippen molar-refractivity contribution in [1.82, 2.24) is 10.3 Å². The SMILES string of the molecule is CCCNC1(c2nc(C)c(C)s2)CCC(CC)C1. The largest absolute Gasteiger partial charge is 0.305 e. The van der Waals surface area contributed by atoms with Crippen LogP contribution in [0.1, 0.15) is 61.5 Å². The Kier molecular flexibility index (Phi) is 4.44. The Labute approximate surface area is 115 Å². The van der Waals surface area contributed by atoms with E-state index < -0.39 is 0 Å². The van der Waals surface area contributed by atoms with Gasteiger partial charge in [-0.15, -0.1) is 11.3 Å². The van der Waals surface area contributed by atoms with E-state index >= 15 is 0 Å². The van der Waals surface area contributed by atoms with Crippen molar-refractivity contribution in [3.05, 3.63) is 15.6 Å². The van der Waals surface area contributed by atoms with Gasteiger partial charge in [-0.25, -0.2) is 4.98 Å². The molecule has 1 N–H and O–H groups in total. The van der Waals surface area contributed by atoms with Gasteiger partial charge in [0.25, 0.3) is 0 Å². The van der Waals surface area contributed by atoms with Crippen molar-refractivity contribution in [3.8, 4) is 0 Å². The summed E-state index contributed by atoms with van der Waals surface area (Å²) in [4.78, 5) is 6.22. The fourth-order valence-corrected chi connectivity index (χ4v) is 4.09. The maximum absolute atomic E-state index is 4.84. The average molecular weight is 266 g/mol. The summed E-state index contributed by atoms with van der Waals surface area (Å²) >= 11 is 1.90. The lowest BCUT2D eigenvalue weighted by Crippen LogP contribution is -2.40. The number of nitrogens with zero attached hydrogens (tertiary/aromatic N) is 1. The molecule has 1 aromatic rings. The summed E-state index contributed by atoms with van der Waals surface area (Å²) in [6, 6.07) is 0. The molecule has 18 heavy (non-hydrogen) atoms. The zero-order valence-corrected chi connectivity index (χ0v) is 13.0. The van der Waals surface area contributed by atoms with Crippen LogP contribution in [0.2, 0.25) is 0 Å². The van der Waals surface area contributed by atoms with Crippen molar-refractivity contribution in [1.29, 1.82) is 0 Å². The summed E-state index contributed by atoms with van der Waals surface area (Å²) in [5.41, 5.74) is 1.40. The third kappa shape index (κ3) is 2.62. The maximum atomic E-state index is 4.84. The number of hydrogen-bond donors (Lipinski definition) is 1. The van der Waals surface area contributed by atoms with Crippen LogP contribution in [0.5, 0.6) is 0 Å². The molecule has 1 aromatic heterocycles. The van der Waals surface area contributed by atoms with E-state index in [1.54, 1.807) is 0 Å². The number of hydrogen-bond acceptors (Lipinski definition) is 3. The molecule has 0 saturated heterocycles. The second kappa shape index (κ2) is 5.70. The molecule has 3 heteroatoms. The first-order valence-electron chi connectivity index (χ1n) is 7.31. The lowest BCUT2D eigenvalue weighted by Gasteiger charge is -2.29. The summed E-state index contributed by atoms with van der Waals surface area (Å²) in [5, 5.41) is 5.15. The van der Waals surface area contributed by atoms with Crippen LogP contribution >= 0.6 is 11.3 Å². The Morgan fingerprint density at radius 3 is 2.67 bits per heavy atom. The summed E-state index contributed by atoms with van der Waals surface area (Å²) in [7, 11) is 0. The highest BCUT2D eigenvalue weighted by Gasteiger charge is 2.41. The van der Waals surface area contributed by atoms with Gasteiger partial charge in [-0.1, -0.05) is 20.3 Å². The fraction of sp³-hybridized carbons (Fsp3) is 0.800. The van der Waals surface area contributed by atoms with Crippen LogP contribution < -0.4 is 5.32 Å². The predicted octanol–water partition coefficient (Wildman–Crippen LogP) is 4.16. The fourth-order valence-electron chi connectivity index (χ4n) is 2.97. The van der Waals surface area contributed by atoms with Crippen molar-refractivity contribution >= 4 is 11.3 Å². The molecule has 0 amide bonds. The molecule has 2 unspecified atom stereocenters. The maximum Gasteiger partial charge on any atom is 0.113 e. The molecule has 2 nitrogen and oxygen atoms in total. The van der Waals surface area contributed by atoms with Crippen molar-refractivity contribution < 1.29 is 0 Å². The van der Waals surface area contributed by atoms with Gasteiger partial charge in [0.1, 0.15) is 5.01 Å². The molecule has 2 atom stereocenters. The average Bonchev–Trinajstić information content (AvgIpc) is 2.93. The lowest BCUT2D eigenvalue weighted by molar-refractivity contribution is 0.324. The Balaban J connectivity index is 2.25. The van der Waals surface area contributed by atoms with E-state index in [9.17, 15) is 0 Å². The number of aromatic nitrogens is 1. The Hall–Kier alpha value is -0.410. The van der Waals surface area contributed by atoms with E-state index in [2.05, 4.69) is 33.0 Å². The van der Waals surface area contributed by atoms with Crippen LogP contribution in [0.3, 0.4) is 0 Å². The molecule has 1 fully saturated rings. The van der Waals surface area contributed by atoms with Gasteiger partial charge in [-0.3, -0.25) is 0 Å². The predicted molar refractivity (Wildman–Crippen MR) is 79.2 cm³/mol. The Bertz CT molecular complexity index is 380. The number of rotatable bonds is 5. The highest BCUT2D eigenvalue weighted by molar-refractivity contribution is 7.11. The minimum atomic E-state index is 0.181. The van der Waals surface area contributed by atoms with Gasteiger partial charge in [0.2, 0.25) is 0 Å². The van der Waals surface area contributed by atoms with Crippen molar-refractivity contribution in [2.45, 2.75) is 65.3 Å². The van der Waals surface area contributed by atoms with Gasteiger partial charge < -0.3 is 5.32 Å². The first-order chi connectivity index (χ1) is 8.61. The van der Waals surface area contributed by atoms with E-state index in [0.29, 0.717) is 0 Å². The minimum absolute atomic E-state index is 0.181. The van der Waals surface area contributed by atoms with Gasteiger partial charge in [-0.05, 0) is 52.0 Å². The van der Waals surface area contributed by atoms with Gasteiger partial charge in [0, 0.05) is 4.88 Å². The zero-order valence-electron chi connectivity index (χ0n) is 12.2. The van der Waals surface area contributed by atoms with Crippen LogP contribution in [-0.4, -0.2) is 11.5 Å². The standard InChI is InChI=1S/C15H26N2S/c1-5-9-16-15(8-7-13(6-2)10-15)14-17-11(3)12(4)18-14/h13,16H,5-10H2,1-4H3. The van der Waals surface area contributed by atoms with Crippen LogP contribution in [-0.2, 0) is 5.54 Å². The van der Waals surface area contributed by atoms with E-state index in [-0.39, 0.29) is 5.54 Å². The van der Waals surface area contributed by atoms with E-state index in [1.807, 2.05) is 11.3 Å². The molecule has 0 spiro atoms. The molecule has 2 rings (SSSR count). The van der Waals surface area contributed by atoms with E-state index in [4.69, 9.17) is 4.98 Å². The normalized spacial score (nSPS) is 27.9. The molecule has 0 aliphatic heterocycles. The zero-order chi connectivity index (χ0) is 13.2. The van der Waals surface area contributed by atoms with Gasteiger partial charge in [0.15, 0.2) is 0 Å². The van der Waals surface area contributed by atoms with Gasteiger partial charge >= 0.3 is 0 Å². The monoisotopic (exact) mass is 266 g/mol. The number of aryl methyl sites for hydroxylation is 2. The molecule has 0 radical (unpaired) electrons. The Morgan fingerprint density at radius 2 is 2.17 bits per heavy atom. The second-order valence-corrected chi connectivity index (χ2v) is 6.89. The first kappa shape index (κ1) is 14.0. The molecule has 1 saturated carbocycles. The summed E-state index contributed by atoms with van der Waals surface area (Å²) < 4.78 is 0. The molecule has 0 bridgehead atoms. The molecular formula is C15H26N2S. The van der Waals surface area contributed by atoms with Crippen LogP contribution in [0, 0.1) is 19.8 Å². The summed E-state index contributed by atoms with van der Waals surface area (Å²) in [5.74, 6) is 0.874. The topological polar surface area (TPSA) is 24.9 Å². The van der Waals surface area contributed by atoms with E-state index in [0.717, 1.165) is 12.5 Å². The smallest absolute Gasteiger partial charge is 0.113 e. The second-order valence-electron chi connectivity index (χ2n) is 5.69. The Morgan fingerprint density at radius 1 is 1.39 bits per heavy atom. The lowest BCUT2D eigenvalue weighted by atomic mass is 9.95. The highest BCUT2D eigenvalue weighted by Crippen LogP contribution is 2.45. The third-order valence-electron chi connectivity index (χ3n) is 4.35. The summed E-state index contributed by atoms with van der Waals surface area (Å²) in [6.07, 6.45) is 6.39. The quantitative estimate of drug-likeness (QED) is 0.865. The van der Waals surface area contributed by atoms with Crippen molar-refractivity contribution in [3.63, 3.8) is 0 Å². The molecule has 1 aliphatic carbocycles. The van der Waals surface area contributed by atoms with Crippen LogP contribution in [0.4, 0.5) is 0 Å². The van der Waals surface area contributed by atoms with Crippen molar-refractivity contribution in [2.75, 3.05) is 6.54 Å². The molecule has 1 aliphatic rings. The molecular weight excluding hydrogens is 240 g/mol. The van der Waals surface area contributed by atoms with E-state index in [1.165, 1.54) is 47.7 Å². The molecule has 0 aromatic carbocycles. The first-order valence-corrected chi connectivity index (χ1v) is 8.12. The molecule has 102 valence electrons. The van der Waals surface area contributed by atoms with Crippen LogP contribution in [0.15, 0.2) is 0 Å². The number of thiazole rings is 1. The highest BCUT2D eigenvalue weighted by atomic mass is 32.1. The van der Waals surface area contributed by atoms with Gasteiger partial charge in [-0.2, -0.15) is 0 Å².